The van der Waals surface area contributed by atoms with Gasteiger partial charge in [-0.2, -0.15) is 5.10 Å². The van der Waals surface area contributed by atoms with E-state index in [1.807, 2.05) is 37.3 Å². The van der Waals surface area contributed by atoms with Gasteiger partial charge in [-0.1, -0.05) is 6.07 Å². The summed E-state index contributed by atoms with van der Waals surface area (Å²) >= 11 is 0. The molecule has 1 fully saturated rings. The van der Waals surface area contributed by atoms with Crippen LogP contribution in [0.1, 0.15) is 19.5 Å². The van der Waals surface area contributed by atoms with Crippen molar-refractivity contribution in [2.24, 2.45) is 0 Å². The lowest BCUT2D eigenvalue weighted by molar-refractivity contribution is -0.0699. The van der Waals surface area contributed by atoms with Crippen LogP contribution in [-0.4, -0.2) is 72.9 Å². The molecule has 0 unspecified atom stereocenters. The van der Waals surface area contributed by atoms with E-state index in [9.17, 15) is 5.11 Å². The number of nitrogens with one attached hydrogen (secondary N) is 1. The predicted octanol–water partition coefficient (Wildman–Crippen LogP) is 4.26. The molecule has 1 saturated heterocycles. The van der Waals surface area contributed by atoms with Crippen molar-refractivity contribution < 1.29 is 24.1 Å². The van der Waals surface area contributed by atoms with E-state index >= 15 is 0 Å². The number of hydrogen-bond donors (Lipinski definition) is 2. The standard InChI is InChI=1S/C26H33N3O5/c1-16-14-29(15-17(2)34-16)10-11-33-20-7-8-21(22(30)13-20)26-25(18(3)27-28-26)19-6-9-23(31-4)24(12-19)32-5/h6-9,12-13,16-17,30H,10-11,14-15H2,1-5H3,(H,27,28)/t16-,17-/m1/s1. The van der Waals surface area contributed by atoms with Crippen LogP contribution in [0.25, 0.3) is 22.4 Å². The number of nitrogens with zero attached hydrogens (tertiary/aromatic N) is 2. The van der Waals surface area contributed by atoms with Crippen LogP contribution in [0.3, 0.4) is 0 Å². The molecule has 8 nitrogen and oxygen atoms in total. The number of H-pyrrole nitrogens is 1. The molecule has 3 aromatic rings. The summed E-state index contributed by atoms with van der Waals surface area (Å²) in [6, 6.07) is 11.1. The number of aryl methyl sites for hydroxylation is 1. The summed E-state index contributed by atoms with van der Waals surface area (Å²) in [7, 11) is 3.21. The molecule has 0 radical (unpaired) electrons. The van der Waals surface area contributed by atoms with Gasteiger partial charge < -0.3 is 24.1 Å². The first-order valence-corrected chi connectivity index (χ1v) is 11.5. The van der Waals surface area contributed by atoms with Crippen LogP contribution in [0.5, 0.6) is 23.0 Å². The number of aromatic amines is 1. The van der Waals surface area contributed by atoms with Crippen molar-refractivity contribution in [2.75, 3.05) is 40.5 Å². The SMILES string of the molecule is COc1ccc(-c2c(-c3ccc(OCCN4C[C@@H](C)O[C@H](C)C4)cc3O)n[nH]c2C)cc1OC. The largest absolute Gasteiger partial charge is 0.507 e. The summed E-state index contributed by atoms with van der Waals surface area (Å²) < 4.78 is 22.5. The zero-order valence-electron chi connectivity index (χ0n) is 20.4. The highest BCUT2D eigenvalue weighted by molar-refractivity contribution is 5.86. The number of aromatic nitrogens is 2. The maximum absolute atomic E-state index is 10.8. The number of aromatic hydroxyl groups is 1. The van der Waals surface area contributed by atoms with Crippen molar-refractivity contribution in [2.45, 2.75) is 33.0 Å². The second kappa shape index (κ2) is 10.4. The molecule has 0 aliphatic carbocycles. The highest BCUT2D eigenvalue weighted by Gasteiger charge is 2.22. The van der Waals surface area contributed by atoms with E-state index in [0.29, 0.717) is 35.1 Å². The fraction of sp³-hybridized carbons (Fsp3) is 0.423. The Labute approximate surface area is 200 Å². The van der Waals surface area contributed by atoms with Gasteiger partial charge in [0.05, 0.1) is 26.4 Å². The predicted molar refractivity (Wildman–Crippen MR) is 131 cm³/mol. The van der Waals surface area contributed by atoms with E-state index in [0.717, 1.165) is 36.5 Å². The van der Waals surface area contributed by atoms with Gasteiger partial charge in [-0.15, -0.1) is 0 Å². The lowest BCUT2D eigenvalue weighted by Gasteiger charge is -2.35. The minimum absolute atomic E-state index is 0.111. The Morgan fingerprint density at radius 3 is 2.47 bits per heavy atom. The first-order chi connectivity index (χ1) is 16.4. The Morgan fingerprint density at radius 2 is 1.79 bits per heavy atom. The van der Waals surface area contributed by atoms with Crippen LogP contribution >= 0.6 is 0 Å². The lowest BCUT2D eigenvalue weighted by atomic mass is 9.98. The lowest BCUT2D eigenvalue weighted by Crippen LogP contribution is -2.46. The van der Waals surface area contributed by atoms with Gasteiger partial charge in [0.25, 0.3) is 0 Å². The molecule has 0 spiro atoms. The fourth-order valence-corrected chi connectivity index (χ4v) is 4.53. The Kier molecular flexibility index (Phi) is 7.29. The number of ether oxygens (including phenoxy) is 4. The number of phenols is 1. The molecule has 2 aromatic carbocycles. The molecule has 2 N–H and O–H groups in total. The third-order valence-corrected chi connectivity index (χ3v) is 6.02. The molecule has 1 aliphatic rings. The Morgan fingerprint density at radius 1 is 1.06 bits per heavy atom. The average Bonchev–Trinajstić information content (AvgIpc) is 3.19. The Balaban J connectivity index is 1.51. The normalized spacial score (nSPS) is 18.6. The molecule has 1 aromatic heterocycles. The quantitative estimate of drug-likeness (QED) is 0.512. The number of rotatable bonds is 8. The zero-order chi connectivity index (χ0) is 24.2. The summed E-state index contributed by atoms with van der Waals surface area (Å²) in [6.45, 7) is 9.27. The summed E-state index contributed by atoms with van der Waals surface area (Å²) in [5.74, 6) is 2.01. The maximum atomic E-state index is 10.8. The number of benzene rings is 2. The van der Waals surface area contributed by atoms with Gasteiger partial charge in [-0.25, -0.2) is 0 Å². The molecule has 8 heteroatoms. The van der Waals surface area contributed by atoms with Crippen molar-refractivity contribution in [1.82, 2.24) is 15.1 Å². The highest BCUT2D eigenvalue weighted by Crippen LogP contribution is 2.41. The van der Waals surface area contributed by atoms with Gasteiger partial charge in [0.15, 0.2) is 11.5 Å². The molecular formula is C26H33N3O5. The van der Waals surface area contributed by atoms with Crippen LogP contribution in [0.4, 0.5) is 0 Å². The van der Waals surface area contributed by atoms with Crippen molar-refractivity contribution in [3.8, 4) is 45.4 Å². The first-order valence-electron chi connectivity index (χ1n) is 11.5. The van der Waals surface area contributed by atoms with Crippen LogP contribution in [0.15, 0.2) is 36.4 Å². The van der Waals surface area contributed by atoms with Crippen LogP contribution < -0.4 is 14.2 Å². The van der Waals surface area contributed by atoms with Crippen molar-refractivity contribution in [3.63, 3.8) is 0 Å². The summed E-state index contributed by atoms with van der Waals surface area (Å²) in [4.78, 5) is 2.34. The number of methoxy groups -OCH3 is 2. The highest BCUT2D eigenvalue weighted by atomic mass is 16.5. The molecule has 0 amide bonds. The fourth-order valence-electron chi connectivity index (χ4n) is 4.53. The van der Waals surface area contributed by atoms with Crippen molar-refractivity contribution >= 4 is 0 Å². The Bertz CT molecular complexity index is 1120. The van der Waals surface area contributed by atoms with E-state index in [2.05, 4.69) is 28.9 Å². The van der Waals surface area contributed by atoms with Crippen LogP contribution in [0.2, 0.25) is 0 Å². The smallest absolute Gasteiger partial charge is 0.161 e. The van der Waals surface area contributed by atoms with E-state index in [1.54, 1.807) is 20.3 Å². The van der Waals surface area contributed by atoms with Gasteiger partial charge in [0, 0.05) is 42.5 Å². The van der Waals surface area contributed by atoms with Gasteiger partial charge in [0.2, 0.25) is 0 Å². The molecule has 2 atom stereocenters. The van der Waals surface area contributed by atoms with E-state index < -0.39 is 0 Å². The molecular weight excluding hydrogens is 434 g/mol. The molecule has 4 rings (SSSR count). The second-order valence-corrected chi connectivity index (χ2v) is 8.69. The number of phenolic OH excluding ortho intramolecular Hbond substituents is 1. The minimum atomic E-state index is 0.111. The third kappa shape index (κ3) is 5.13. The third-order valence-electron chi connectivity index (χ3n) is 6.02. The first kappa shape index (κ1) is 23.9. The van der Waals surface area contributed by atoms with Gasteiger partial charge in [0.1, 0.15) is 23.8 Å². The van der Waals surface area contributed by atoms with E-state index in [1.165, 1.54) is 0 Å². The van der Waals surface area contributed by atoms with E-state index in [-0.39, 0.29) is 18.0 Å². The summed E-state index contributed by atoms with van der Waals surface area (Å²) in [6.07, 6.45) is 0.452. The van der Waals surface area contributed by atoms with Crippen molar-refractivity contribution in [1.29, 1.82) is 0 Å². The Hall–Kier alpha value is -3.23. The molecule has 0 bridgehead atoms. The molecule has 0 saturated carbocycles. The zero-order valence-corrected chi connectivity index (χ0v) is 20.4. The molecule has 2 heterocycles. The summed E-state index contributed by atoms with van der Waals surface area (Å²) in [5.41, 5.74) is 3.96. The van der Waals surface area contributed by atoms with Gasteiger partial charge >= 0.3 is 0 Å². The number of hydrogen-bond acceptors (Lipinski definition) is 7. The monoisotopic (exact) mass is 467 g/mol. The summed E-state index contributed by atoms with van der Waals surface area (Å²) in [5, 5.41) is 18.3. The molecule has 1 aliphatic heterocycles. The second-order valence-electron chi connectivity index (χ2n) is 8.69. The van der Waals surface area contributed by atoms with Crippen LogP contribution in [-0.2, 0) is 4.74 Å². The van der Waals surface area contributed by atoms with Crippen molar-refractivity contribution in [3.05, 3.63) is 42.1 Å². The molecule has 182 valence electrons. The number of morpholine rings is 1. The average molecular weight is 468 g/mol. The minimum Gasteiger partial charge on any atom is -0.507 e. The van der Waals surface area contributed by atoms with Gasteiger partial charge in [-0.3, -0.25) is 10.00 Å². The van der Waals surface area contributed by atoms with E-state index in [4.69, 9.17) is 18.9 Å². The van der Waals surface area contributed by atoms with Gasteiger partial charge in [-0.05, 0) is 50.6 Å². The van der Waals surface area contributed by atoms with Crippen LogP contribution in [0, 0.1) is 6.92 Å². The topological polar surface area (TPSA) is 89.1 Å². The molecule has 34 heavy (non-hydrogen) atoms. The maximum Gasteiger partial charge on any atom is 0.161 e.